The molecular formula is C32H38N6O6. The number of benzene rings is 2. The number of carbonyl (C=O) groups is 3. The van der Waals surface area contributed by atoms with Gasteiger partial charge in [0.2, 0.25) is 5.91 Å². The number of aromatic nitrogens is 2. The topological polar surface area (TPSA) is 126 Å². The molecule has 0 unspecified atom stereocenters. The molecule has 0 spiro atoms. The molecule has 232 valence electrons. The van der Waals surface area contributed by atoms with Gasteiger partial charge >= 0.3 is 5.97 Å². The molecule has 6 rings (SSSR count). The van der Waals surface area contributed by atoms with E-state index in [4.69, 9.17) is 24.2 Å². The van der Waals surface area contributed by atoms with Gasteiger partial charge in [0.05, 0.1) is 43.4 Å². The van der Waals surface area contributed by atoms with Crippen LogP contribution >= 0.6 is 0 Å². The van der Waals surface area contributed by atoms with Crippen molar-refractivity contribution in [1.82, 2.24) is 14.9 Å². The highest BCUT2D eigenvalue weighted by molar-refractivity contribution is 5.99. The second-order valence-corrected chi connectivity index (χ2v) is 11.2. The maximum Gasteiger partial charge on any atom is 0.313 e. The van der Waals surface area contributed by atoms with E-state index in [1.54, 1.807) is 13.0 Å². The largest absolute Gasteiger partial charge is 0.455 e. The Morgan fingerprint density at radius 1 is 0.886 bits per heavy atom. The van der Waals surface area contributed by atoms with Gasteiger partial charge in [-0.05, 0) is 43.5 Å². The van der Waals surface area contributed by atoms with Crippen molar-refractivity contribution in [2.45, 2.75) is 31.7 Å². The first-order valence-corrected chi connectivity index (χ1v) is 15.3. The van der Waals surface area contributed by atoms with Crippen LogP contribution in [-0.2, 0) is 28.6 Å². The summed E-state index contributed by atoms with van der Waals surface area (Å²) in [6, 6.07) is 14.1. The fourth-order valence-electron chi connectivity index (χ4n) is 5.87. The molecule has 12 nitrogen and oxygen atoms in total. The van der Waals surface area contributed by atoms with Gasteiger partial charge in [0.1, 0.15) is 6.04 Å². The fraction of sp³-hybridized carbons (Fsp3) is 0.469. The van der Waals surface area contributed by atoms with Crippen LogP contribution in [0.3, 0.4) is 0 Å². The molecule has 2 aromatic carbocycles. The summed E-state index contributed by atoms with van der Waals surface area (Å²) in [7, 11) is 0. The van der Waals surface area contributed by atoms with E-state index < -0.39 is 24.5 Å². The predicted molar refractivity (Wildman–Crippen MR) is 165 cm³/mol. The van der Waals surface area contributed by atoms with Gasteiger partial charge in [0.25, 0.3) is 5.91 Å². The predicted octanol–water partition coefficient (Wildman–Crippen LogP) is 2.58. The van der Waals surface area contributed by atoms with Crippen LogP contribution in [0.2, 0.25) is 0 Å². The molecule has 0 saturated carbocycles. The molecule has 1 N–H and O–H groups in total. The number of morpholine rings is 2. The Balaban J connectivity index is 1.13. The Kier molecular flexibility index (Phi) is 9.17. The standard InChI is InChI=1S/C32H38N6O6/c1-22(23-6-3-2-4-7-23)32(41)44-21-28(39)38-11-5-8-27(38)31(40)33-24-9-10-25-26(20-24)35-30(37-14-18-43-19-15-37)29(34-25)36-12-16-42-17-13-36/h2-4,6-7,9-10,20,22,27H,5,8,11-19,21H2,1H3,(H,33,40)/t22-,27-/m0/s1. The van der Waals surface area contributed by atoms with Crippen LogP contribution in [0.5, 0.6) is 0 Å². The van der Waals surface area contributed by atoms with E-state index >= 15 is 0 Å². The monoisotopic (exact) mass is 602 g/mol. The van der Waals surface area contributed by atoms with Gasteiger partial charge in [-0.25, -0.2) is 9.97 Å². The number of carbonyl (C=O) groups excluding carboxylic acids is 3. The van der Waals surface area contributed by atoms with Gasteiger partial charge in [-0.3, -0.25) is 14.4 Å². The molecule has 44 heavy (non-hydrogen) atoms. The van der Waals surface area contributed by atoms with Crippen LogP contribution < -0.4 is 15.1 Å². The number of esters is 1. The van der Waals surface area contributed by atoms with Gasteiger partial charge in [-0.1, -0.05) is 30.3 Å². The van der Waals surface area contributed by atoms with Gasteiger partial charge in [0, 0.05) is 38.4 Å². The van der Waals surface area contributed by atoms with Crippen molar-refractivity contribution >= 4 is 46.1 Å². The van der Waals surface area contributed by atoms with Crippen molar-refractivity contribution in [3.63, 3.8) is 0 Å². The molecule has 3 aliphatic rings. The van der Waals surface area contributed by atoms with Crippen LogP contribution in [0.25, 0.3) is 11.0 Å². The SMILES string of the molecule is C[C@H](C(=O)OCC(=O)N1CCC[C@H]1C(=O)Nc1ccc2nc(N3CCOCC3)c(N3CCOCC3)nc2c1)c1ccccc1. The molecule has 2 atom stereocenters. The molecule has 12 heteroatoms. The second-order valence-electron chi connectivity index (χ2n) is 11.2. The zero-order valence-electron chi connectivity index (χ0n) is 24.9. The zero-order chi connectivity index (χ0) is 30.5. The summed E-state index contributed by atoms with van der Waals surface area (Å²) in [5.74, 6) is -0.00752. The first kappa shape index (κ1) is 29.8. The van der Waals surface area contributed by atoms with Crippen molar-refractivity contribution in [3.8, 4) is 0 Å². The molecular weight excluding hydrogens is 564 g/mol. The number of hydrogen-bond acceptors (Lipinski definition) is 10. The van der Waals surface area contributed by atoms with Crippen molar-refractivity contribution in [2.75, 3.05) is 80.9 Å². The third-order valence-electron chi connectivity index (χ3n) is 8.38. The van der Waals surface area contributed by atoms with Gasteiger partial charge in [0.15, 0.2) is 18.2 Å². The first-order chi connectivity index (χ1) is 21.5. The van der Waals surface area contributed by atoms with E-state index in [1.165, 1.54) is 4.90 Å². The Morgan fingerprint density at radius 2 is 1.52 bits per heavy atom. The third-order valence-corrected chi connectivity index (χ3v) is 8.38. The highest BCUT2D eigenvalue weighted by Gasteiger charge is 2.35. The third kappa shape index (κ3) is 6.61. The van der Waals surface area contributed by atoms with Crippen LogP contribution in [-0.4, -0.2) is 104 Å². The van der Waals surface area contributed by atoms with Crippen LogP contribution in [0.1, 0.15) is 31.2 Å². The average Bonchev–Trinajstić information content (AvgIpc) is 3.58. The summed E-state index contributed by atoms with van der Waals surface area (Å²) in [6.45, 7) is 7.24. The van der Waals surface area contributed by atoms with Crippen LogP contribution in [0.15, 0.2) is 48.5 Å². The van der Waals surface area contributed by atoms with Crippen molar-refractivity contribution < 1.29 is 28.6 Å². The lowest BCUT2D eigenvalue weighted by molar-refractivity contribution is -0.153. The minimum absolute atomic E-state index is 0.287. The van der Waals surface area contributed by atoms with Crippen molar-refractivity contribution in [3.05, 3.63) is 54.1 Å². The maximum absolute atomic E-state index is 13.4. The van der Waals surface area contributed by atoms with Crippen molar-refractivity contribution in [2.24, 2.45) is 0 Å². The molecule has 2 amide bonds. The smallest absolute Gasteiger partial charge is 0.313 e. The maximum atomic E-state index is 13.4. The molecule has 3 saturated heterocycles. The highest BCUT2D eigenvalue weighted by atomic mass is 16.5. The molecule has 0 aliphatic carbocycles. The average molecular weight is 603 g/mol. The van der Waals surface area contributed by atoms with Crippen molar-refractivity contribution in [1.29, 1.82) is 0 Å². The Bertz CT molecular complexity index is 1490. The number of anilines is 3. The summed E-state index contributed by atoms with van der Waals surface area (Å²) < 4.78 is 16.5. The molecule has 0 radical (unpaired) electrons. The lowest BCUT2D eigenvalue weighted by atomic mass is 10.0. The number of hydrogen-bond donors (Lipinski definition) is 1. The minimum atomic E-state index is -0.651. The molecule has 3 aromatic rings. The number of nitrogens with one attached hydrogen (secondary N) is 1. The minimum Gasteiger partial charge on any atom is -0.455 e. The Labute approximate surface area is 256 Å². The van der Waals surface area contributed by atoms with Crippen LogP contribution in [0.4, 0.5) is 17.3 Å². The van der Waals surface area contributed by atoms with Gasteiger partial charge in [-0.2, -0.15) is 0 Å². The summed E-state index contributed by atoms with van der Waals surface area (Å²) in [6.07, 6.45) is 1.22. The number of likely N-dealkylation sites (tertiary alicyclic amines) is 1. The van der Waals surface area contributed by atoms with E-state index in [9.17, 15) is 14.4 Å². The summed E-state index contributed by atoms with van der Waals surface area (Å²) in [5, 5.41) is 2.97. The van der Waals surface area contributed by atoms with E-state index in [1.807, 2.05) is 42.5 Å². The first-order valence-electron chi connectivity index (χ1n) is 15.3. The molecule has 4 heterocycles. The zero-order valence-corrected chi connectivity index (χ0v) is 24.9. The summed E-state index contributed by atoms with van der Waals surface area (Å²) >= 11 is 0. The Morgan fingerprint density at radius 3 is 2.18 bits per heavy atom. The number of nitrogens with zero attached hydrogens (tertiary/aromatic N) is 5. The summed E-state index contributed by atoms with van der Waals surface area (Å²) in [5.41, 5.74) is 2.79. The van der Waals surface area contributed by atoms with E-state index in [2.05, 4.69) is 15.1 Å². The number of rotatable bonds is 8. The second kappa shape index (κ2) is 13.6. The van der Waals surface area contributed by atoms with E-state index in [0.717, 1.165) is 48.9 Å². The molecule has 1 aromatic heterocycles. The molecule has 3 aliphatic heterocycles. The highest BCUT2D eigenvalue weighted by Crippen LogP contribution is 2.31. The van der Waals surface area contributed by atoms with E-state index in [-0.39, 0.29) is 11.8 Å². The normalized spacial score (nSPS) is 19.6. The molecule has 3 fully saturated rings. The number of ether oxygens (including phenoxy) is 3. The molecule has 0 bridgehead atoms. The van der Waals surface area contributed by atoms with Crippen LogP contribution in [0, 0.1) is 0 Å². The van der Waals surface area contributed by atoms with Gasteiger partial charge < -0.3 is 34.2 Å². The lowest BCUT2D eigenvalue weighted by Crippen LogP contribution is -2.45. The summed E-state index contributed by atoms with van der Waals surface area (Å²) in [4.78, 5) is 54.9. The Hall–Kier alpha value is -4.29. The van der Waals surface area contributed by atoms with E-state index in [0.29, 0.717) is 57.0 Å². The fourth-order valence-corrected chi connectivity index (χ4v) is 5.87. The quantitative estimate of drug-likeness (QED) is 0.385. The number of amides is 2. The van der Waals surface area contributed by atoms with Gasteiger partial charge in [-0.15, -0.1) is 0 Å². The lowest BCUT2D eigenvalue weighted by Gasteiger charge is -2.34. The number of fused-ring (bicyclic) bond motifs is 1.